The minimum absolute atomic E-state index is 0.508. The van der Waals surface area contributed by atoms with Gasteiger partial charge in [0.15, 0.2) is 5.58 Å². The minimum Gasteiger partial charge on any atom is -0.437 e. The molecule has 0 unspecified atom stereocenters. The molecule has 0 aliphatic carbocycles. The number of hydrogen-bond donors (Lipinski definition) is 0. The average molecular weight is 325 g/mol. The summed E-state index contributed by atoms with van der Waals surface area (Å²) in [4.78, 5) is 4.33. The Balaban J connectivity index is 1.91. The first-order valence-electron chi connectivity index (χ1n) is 5.81. The molecule has 1 heterocycles. The molecule has 3 aromatic rings. The van der Waals surface area contributed by atoms with Gasteiger partial charge in [-0.2, -0.15) is 0 Å². The van der Waals surface area contributed by atoms with Gasteiger partial charge in [0.05, 0.1) is 10.0 Å². The van der Waals surface area contributed by atoms with Crippen LogP contribution >= 0.6 is 34.8 Å². The van der Waals surface area contributed by atoms with E-state index in [4.69, 9.17) is 39.2 Å². The second kappa shape index (κ2) is 5.49. The van der Waals surface area contributed by atoms with Crippen molar-refractivity contribution >= 4 is 58.1 Å². The van der Waals surface area contributed by atoms with Crippen molar-refractivity contribution < 1.29 is 4.42 Å². The molecule has 0 atom stereocenters. The van der Waals surface area contributed by atoms with Crippen molar-refractivity contribution in [1.82, 2.24) is 4.98 Å². The van der Waals surface area contributed by atoms with Crippen molar-refractivity contribution in [3.05, 3.63) is 62.9 Å². The largest absolute Gasteiger partial charge is 0.437 e. The highest BCUT2D eigenvalue weighted by Gasteiger charge is 2.03. The normalized spacial score (nSPS) is 11.6. The first kappa shape index (κ1) is 13.5. The van der Waals surface area contributed by atoms with Crippen LogP contribution in [-0.2, 0) is 0 Å². The summed E-state index contributed by atoms with van der Waals surface area (Å²) in [5, 5.41) is 1.67. The first-order chi connectivity index (χ1) is 9.61. The molecular weight excluding hydrogens is 317 g/mol. The van der Waals surface area contributed by atoms with Crippen LogP contribution in [0.25, 0.3) is 23.3 Å². The maximum Gasteiger partial charge on any atom is 0.220 e. The highest BCUT2D eigenvalue weighted by atomic mass is 35.5. The molecule has 5 heteroatoms. The van der Waals surface area contributed by atoms with E-state index in [1.165, 1.54) is 0 Å². The van der Waals surface area contributed by atoms with E-state index in [2.05, 4.69) is 4.98 Å². The molecule has 2 aromatic carbocycles. The molecule has 100 valence electrons. The van der Waals surface area contributed by atoms with Crippen LogP contribution in [0.3, 0.4) is 0 Å². The van der Waals surface area contributed by atoms with E-state index in [9.17, 15) is 0 Å². The molecule has 3 rings (SSSR count). The molecule has 0 spiro atoms. The topological polar surface area (TPSA) is 26.0 Å². The third-order valence-corrected chi connectivity index (χ3v) is 3.70. The van der Waals surface area contributed by atoms with E-state index in [-0.39, 0.29) is 0 Å². The molecule has 0 amide bonds. The quantitative estimate of drug-likeness (QED) is 0.581. The zero-order valence-electron chi connectivity index (χ0n) is 10.1. The van der Waals surface area contributed by atoms with Gasteiger partial charge in [-0.15, -0.1) is 0 Å². The van der Waals surface area contributed by atoms with Crippen LogP contribution < -0.4 is 0 Å². The Labute approximate surface area is 130 Å². The molecular formula is C15H8Cl3NO. The fourth-order valence-electron chi connectivity index (χ4n) is 1.77. The lowest BCUT2D eigenvalue weighted by Gasteiger charge is -1.96. The Hall–Kier alpha value is -1.48. The van der Waals surface area contributed by atoms with Gasteiger partial charge in [0.1, 0.15) is 5.52 Å². The van der Waals surface area contributed by atoms with Crippen molar-refractivity contribution in [2.75, 3.05) is 0 Å². The molecule has 0 bridgehead atoms. The maximum atomic E-state index is 5.96. The number of fused-ring (bicyclic) bond motifs is 1. The fraction of sp³-hybridized carbons (Fsp3) is 0. The smallest absolute Gasteiger partial charge is 0.220 e. The summed E-state index contributed by atoms with van der Waals surface area (Å²) in [6.45, 7) is 0. The van der Waals surface area contributed by atoms with E-state index in [1.54, 1.807) is 36.4 Å². The number of aromatic nitrogens is 1. The number of halogens is 3. The highest BCUT2D eigenvalue weighted by Crippen LogP contribution is 2.24. The van der Waals surface area contributed by atoms with Crippen LogP contribution in [0.5, 0.6) is 0 Å². The van der Waals surface area contributed by atoms with Crippen molar-refractivity contribution in [2.24, 2.45) is 0 Å². The van der Waals surface area contributed by atoms with Gasteiger partial charge in [0.25, 0.3) is 0 Å². The van der Waals surface area contributed by atoms with Crippen molar-refractivity contribution in [3.8, 4) is 0 Å². The Morgan fingerprint density at radius 1 is 0.900 bits per heavy atom. The van der Waals surface area contributed by atoms with Gasteiger partial charge in [0, 0.05) is 11.1 Å². The van der Waals surface area contributed by atoms with Gasteiger partial charge in [0.2, 0.25) is 5.89 Å². The highest BCUT2D eigenvalue weighted by molar-refractivity contribution is 6.42. The predicted molar refractivity (Wildman–Crippen MR) is 84.4 cm³/mol. The zero-order valence-corrected chi connectivity index (χ0v) is 12.4. The van der Waals surface area contributed by atoms with E-state index >= 15 is 0 Å². The lowest BCUT2D eigenvalue weighted by atomic mass is 10.2. The third kappa shape index (κ3) is 2.83. The van der Waals surface area contributed by atoms with Crippen LogP contribution in [0, 0.1) is 0 Å². The molecule has 0 aliphatic rings. The Bertz CT molecular complexity index is 808. The second-order valence-electron chi connectivity index (χ2n) is 4.17. The summed E-state index contributed by atoms with van der Waals surface area (Å²) in [6, 6.07) is 10.7. The summed E-state index contributed by atoms with van der Waals surface area (Å²) in [5.74, 6) is 0.508. The fourth-order valence-corrected chi connectivity index (χ4v) is 2.25. The summed E-state index contributed by atoms with van der Waals surface area (Å²) < 4.78 is 5.58. The molecule has 0 aliphatic heterocycles. The Kier molecular flexibility index (Phi) is 3.70. The van der Waals surface area contributed by atoms with Gasteiger partial charge < -0.3 is 4.42 Å². The lowest BCUT2D eigenvalue weighted by molar-refractivity contribution is 0.590. The van der Waals surface area contributed by atoms with Crippen LogP contribution in [0.4, 0.5) is 0 Å². The number of rotatable bonds is 2. The maximum absolute atomic E-state index is 5.96. The summed E-state index contributed by atoms with van der Waals surface area (Å²) in [6.07, 6.45) is 3.63. The number of nitrogens with zero attached hydrogens (tertiary/aromatic N) is 1. The summed E-state index contributed by atoms with van der Waals surface area (Å²) in [7, 11) is 0. The van der Waals surface area contributed by atoms with Crippen LogP contribution in [0.2, 0.25) is 15.1 Å². The third-order valence-electron chi connectivity index (χ3n) is 2.73. The van der Waals surface area contributed by atoms with Crippen molar-refractivity contribution in [1.29, 1.82) is 0 Å². The van der Waals surface area contributed by atoms with Crippen molar-refractivity contribution in [2.45, 2.75) is 0 Å². The molecule has 0 saturated carbocycles. The van der Waals surface area contributed by atoms with Crippen molar-refractivity contribution in [3.63, 3.8) is 0 Å². The Morgan fingerprint density at radius 3 is 2.55 bits per heavy atom. The molecule has 2 nitrogen and oxygen atoms in total. The second-order valence-corrected chi connectivity index (χ2v) is 5.42. The Morgan fingerprint density at radius 2 is 1.75 bits per heavy atom. The standard InChI is InChI=1S/C15H8Cl3NO/c16-10-3-5-14-13(8-10)19-15(20-14)6-2-9-1-4-11(17)12(18)7-9/h1-8H/b6-2+. The van der Waals surface area contributed by atoms with E-state index < -0.39 is 0 Å². The number of benzene rings is 2. The van der Waals surface area contributed by atoms with Gasteiger partial charge in [-0.3, -0.25) is 0 Å². The molecule has 1 aromatic heterocycles. The van der Waals surface area contributed by atoms with Crippen LogP contribution in [0.1, 0.15) is 11.5 Å². The molecule has 20 heavy (non-hydrogen) atoms. The van der Waals surface area contributed by atoms with Gasteiger partial charge in [-0.1, -0.05) is 40.9 Å². The summed E-state index contributed by atoms with van der Waals surface area (Å²) >= 11 is 17.7. The van der Waals surface area contributed by atoms with E-state index in [1.807, 2.05) is 12.1 Å². The molecule has 0 radical (unpaired) electrons. The van der Waals surface area contributed by atoms with Crippen LogP contribution in [-0.4, -0.2) is 4.98 Å². The van der Waals surface area contributed by atoms with E-state index in [0.29, 0.717) is 26.5 Å². The van der Waals surface area contributed by atoms with Gasteiger partial charge in [-0.25, -0.2) is 4.98 Å². The first-order valence-corrected chi connectivity index (χ1v) is 6.94. The van der Waals surface area contributed by atoms with E-state index in [0.717, 1.165) is 11.1 Å². The number of oxazole rings is 1. The molecule has 0 fully saturated rings. The lowest BCUT2D eigenvalue weighted by Crippen LogP contribution is -1.74. The van der Waals surface area contributed by atoms with Crippen LogP contribution in [0.15, 0.2) is 40.8 Å². The van der Waals surface area contributed by atoms with Gasteiger partial charge in [-0.05, 0) is 42.0 Å². The molecule has 0 saturated heterocycles. The predicted octanol–water partition coefficient (Wildman–Crippen LogP) is 5.96. The average Bonchev–Trinajstić information content (AvgIpc) is 2.82. The van der Waals surface area contributed by atoms with Gasteiger partial charge >= 0.3 is 0 Å². The molecule has 0 N–H and O–H groups in total. The SMILES string of the molecule is Clc1ccc2oc(/C=C/c3ccc(Cl)c(Cl)c3)nc2c1. The zero-order chi connectivity index (χ0) is 14.1. The number of hydrogen-bond acceptors (Lipinski definition) is 2. The minimum atomic E-state index is 0.508. The summed E-state index contributed by atoms with van der Waals surface area (Å²) in [5.41, 5.74) is 2.34. The monoisotopic (exact) mass is 323 g/mol.